The number of alkyl halides is 1. The summed E-state index contributed by atoms with van der Waals surface area (Å²) in [6.45, 7) is 0. The second kappa shape index (κ2) is 6.58. The van der Waals surface area contributed by atoms with Gasteiger partial charge in [0.15, 0.2) is 0 Å². The van der Waals surface area contributed by atoms with Gasteiger partial charge in [0.05, 0.1) is 0 Å². The van der Waals surface area contributed by atoms with Crippen LogP contribution in [0.4, 0.5) is 0 Å². The van der Waals surface area contributed by atoms with E-state index in [-0.39, 0.29) is 0 Å². The van der Waals surface area contributed by atoms with Crippen LogP contribution in [0.2, 0.25) is 0 Å². The minimum atomic E-state index is 0.441. The Morgan fingerprint density at radius 3 is 2.76 bits per heavy atom. The molecule has 2 rings (SSSR count). The van der Waals surface area contributed by atoms with E-state index in [2.05, 4.69) is 51.6 Å². The van der Waals surface area contributed by atoms with Gasteiger partial charge in [-0.15, -0.1) is 22.9 Å². The minimum Gasteiger partial charge on any atom is -0.149 e. The van der Waals surface area contributed by atoms with Gasteiger partial charge in [0, 0.05) is 15.2 Å². The Morgan fingerprint density at radius 2 is 2.12 bits per heavy atom. The molecule has 0 aliphatic heterocycles. The molecule has 0 aliphatic carbocycles. The summed E-state index contributed by atoms with van der Waals surface area (Å²) in [6.07, 6.45) is 2.22. The summed E-state index contributed by atoms with van der Waals surface area (Å²) in [4.78, 5) is 1.44. The zero-order valence-corrected chi connectivity index (χ0v) is 12.6. The fourth-order valence-corrected chi connectivity index (χ4v) is 3.34. The SMILES string of the molecule is ClCC(CCc1cccs1)c1cccc(Br)c1. The van der Waals surface area contributed by atoms with Crippen LogP contribution in [0.15, 0.2) is 46.3 Å². The standard InChI is InChI=1S/C14H14BrClS/c15-13-4-1-3-11(9-13)12(10-16)6-7-14-5-2-8-17-14/h1-5,8-9,12H,6-7,10H2. The van der Waals surface area contributed by atoms with E-state index in [4.69, 9.17) is 11.6 Å². The van der Waals surface area contributed by atoms with Gasteiger partial charge in [-0.25, -0.2) is 0 Å². The van der Waals surface area contributed by atoms with Gasteiger partial charge in [0.25, 0.3) is 0 Å². The predicted molar refractivity (Wildman–Crippen MR) is 80.2 cm³/mol. The summed E-state index contributed by atoms with van der Waals surface area (Å²) in [5.74, 6) is 1.12. The van der Waals surface area contributed by atoms with Gasteiger partial charge in [0.2, 0.25) is 0 Å². The lowest BCUT2D eigenvalue weighted by Gasteiger charge is -2.14. The van der Waals surface area contributed by atoms with Gasteiger partial charge >= 0.3 is 0 Å². The van der Waals surface area contributed by atoms with Crippen molar-refractivity contribution in [3.8, 4) is 0 Å². The predicted octanol–water partition coefficient (Wildman–Crippen LogP) is 5.47. The van der Waals surface area contributed by atoms with Crippen LogP contribution in [0.25, 0.3) is 0 Å². The van der Waals surface area contributed by atoms with Crippen molar-refractivity contribution in [2.45, 2.75) is 18.8 Å². The fourth-order valence-electron chi connectivity index (χ4n) is 1.86. The first-order valence-corrected chi connectivity index (χ1v) is 7.84. The summed E-state index contributed by atoms with van der Waals surface area (Å²) >= 11 is 11.4. The Kier molecular flexibility index (Phi) is 5.08. The molecule has 0 amide bonds. The highest BCUT2D eigenvalue weighted by Crippen LogP contribution is 2.26. The summed E-state index contributed by atoms with van der Waals surface area (Å²) in [6, 6.07) is 12.7. The summed E-state index contributed by atoms with van der Waals surface area (Å²) in [5, 5.41) is 2.13. The molecule has 1 aromatic carbocycles. The molecule has 0 nitrogen and oxygen atoms in total. The van der Waals surface area contributed by atoms with E-state index in [9.17, 15) is 0 Å². The van der Waals surface area contributed by atoms with E-state index in [0.29, 0.717) is 11.8 Å². The molecule has 0 aliphatic rings. The largest absolute Gasteiger partial charge is 0.149 e. The summed E-state index contributed by atoms with van der Waals surface area (Å²) in [7, 11) is 0. The molecule has 1 atom stereocenters. The first-order valence-electron chi connectivity index (χ1n) is 5.63. The highest BCUT2D eigenvalue weighted by atomic mass is 79.9. The van der Waals surface area contributed by atoms with Gasteiger partial charge in [-0.2, -0.15) is 0 Å². The highest BCUT2D eigenvalue weighted by Gasteiger charge is 2.11. The average molecular weight is 330 g/mol. The van der Waals surface area contributed by atoms with Crippen molar-refractivity contribution in [2.75, 3.05) is 5.88 Å². The second-order valence-electron chi connectivity index (χ2n) is 4.02. The number of aryl methyl sites for hydroxylation is 1. The van der Waals surface area contributed by atoms with Crippen LogP contribution in [0.3, 0.4) is 0 Å². The Morgan fingerprint density at radius 1 is 1.24 bits per heavy atom. The monoisotopic (exact) mass is 328 g/mol. The molecule has 0 bridgehead atoms. The maximum Gasteiger partial charge on any atom is 0.0292 e. The van der Waals surface area contributed by atoms with Gasteiger partial charge in [-0.05, 0) is 47.9 Å². The van der Waals surface area contributed by atoms with E-state index in [1.54, 1.807) is 0 Å². The number of hydrogen-bond acceptors (Lipinski definition) is 1. The highest BCUT2D eigenvalue weighted by molar-refractivity contribution is 9.10. The molecule has 17 heavy (non-hydrogen) atoms. The molecule has 0 N–H and O–H groups in total. The zero-order valence-electron chi connectivity index (χ0n) is 9.40. The van der Waals surface area contributed by atoms with Crippen molar-refractivity contribution < 1.29 is 0 Å². The van der Waals surface area contributed by atoms with E-state index in [1.807, 2.05) is 17.4 Å². The van der Waals surface area contributed by atoms with Crippen molar-refractivity contribution in [1.29, 1.82) is 0 Å². The first-order chi connectivity index (χ1) is 8.29. The number of rotatable bonds is 5. The first kappa shape index (κ1) is 13.1. The van der Waals surface area contributed by atoms with E-state index in [0.717, 1.165) is 17.3 Å². The van der Waals surface area contributed by atoms with Crippen molar-refractivity contribution in [3.05, 3.63) is 56.7 Å². The molecule has 90 valence electrons. The molecule has 1 aromatic heterocycles. The molecule has 1 unspecified atom stereocenters. The zero-order chi connectivity index (χ0) is 12.1. The summed E-state index contributed by atoms with van der Waals surface area (Å²) < 4.78 is 1.13. The molecule has 0 fully saturated rings. The van der Waals surface area contributed by atoms with Crippen LogP contribution in [0.1, 0.15) is 22.8 Å². The molecule has 0 saturated carbocycles. The maximum atomic E-state index is 6.08. The topological polar surface area (TPSA) is 0 Å². The number of hydrogen-bond donors (Lipinski definition) is 0. The second-order valence-corrected chi connectivity index (χ2v) is 6.28. The molecular weight excluding hydrogens is 316 g/mol. The van der Waals surface area contributed by atoms with Gasteiger partial charge in [-0.3, -0.25) is 0 Å². The smallest absolute Gasteiger partial charge is 0.0292 e. The quantitative estimate of drug-likeness (QED) is 0.638. The van der Waals surface area contributed by atoms with E-state index in [1.165, 1.54) is 10.4 Å². The Bertz CT molecular complexity index is 453. The third-order valence-electron chi connectivity index (χ3n) is 2.83. The van der Waals surface area contributed by atoms with Crippen LogP contribution in [0.5, 0.6) is 0 Å². The third-order valence-corrected chi connectivity index (χ3v) is 4.63. The van der Waals surface area contributed by atoms with Crippen LogP contribution >= 0.6 is 38.9 Å². The van der Waals surface area contributed by atoms with Gasteiger partial charge in [-0.1, -0.05) is 34.1 Å². The van der Waals surface area contributed by atoms with Crippen molar-refractivity contribution >= 4 is 38.9 Å². The minimum absolute atomic E-state index is 0.441. The molecule has 3 heteroatoms. The maximum absolute atomic E-state index is 6.08. The lowest BCUT2D eigenvalue weighted by molar-refractivity contribution is 0.690. The molecule has 0 spiro atoms. The van der Waals surface area contributed by atoms with Crippen molar-refractivity contribution in [2.24, 2.45) is 0 Å². The average Bonchev–Trinajstić information content (AvgIpc) is 2.83. The van der Waals surface area contributed by atoms with Gasteiger partial charge in [0.1, 0.15) is 0 Å². The van der Waals surface area contributed by atoms with Crippen molar-refractivity contribution in [3.63, 3.8) is 0 Å². The molecule has 1 heterocycles. The Hall–Kier alpha value is -0.310. The Labute approximate surface area is 120 Å². The summed E-state index contributed by atoms with van der Waals surface area (Å²) in [5.41, 5.74) is 1.32. The Balaban J connectivity index is 2.01. The molecule has 0 radical (unpaired) electrons. The fraction of sp³-hybridized carbons (Fsp3) is 0.286. The van der Waals surface area contributed by atoms with Gasteiger partial charge < -0.3 is 0 Å². The van der Waals surface area contributed by atoms with E-state index >= 15 is 0 Å². The van der Waals surface area contributed by atoms with Crippen molar-refractivity contribution in [1.82, 2.24) is 0 Å². The lowest BCUT2D eigenvalue weighted by Crippen LogP contribution is -2.02. The van der Waals surface area contributed by atoms with Crippen LogP contribution in [-0.4, -0.2) is 5.88 Å². The normalized spacial score (nSPS) is 12.6. The number of halogens is 2. The molecule has 0 saturated heterocycles. The molecular formula is C14H14BrClS. The van der Waals surface area contributed by atoms with Crippen LogP contribution in [-0.2, 0) is 6.42 Å². The van der Waals surface area contributed by atoms with Crippen LogP contribution < -0.4 is 0 Å². The third kappa shape index (κ3) is 3.84. The molecule has 2 aromatic rings. The van der Waals surface area contributed by atoms with E-state index < -0.39 is 0 Å². The van der Waals surface area contributed by atoms with Crippen LogP contribution in [0, 0.1) is 0 Å². The number of thiophene rings is 1. The lowest BCUT2D eigenvalue weighted by atomic mass is 9.96. The number of benzene rings is 1.